The lowest BCUT2D eigenvalue weighted by Crippen LogP contribution is -2.27. The summed E-state index contributed by atoms with van der Waals surface area (Å²) in [5.74, 6) is 0. The normalized spacial score (nSPS) is 13.8. The molecule has 116 valence electrons. The van der Waals surface area contributed by atoms with Crippen LogP contribution in [0.1, 0.15) is 40.5 Å². The Kier molecular flexibility index (Phi) is 7.50. The first-order valence-corrected chi connectivity index (χ1v) is 8.26. The molecular formula is C13H28O5S. The number of hydrogen-bond acceptors (Lipinski definition) is 5. The van der Waals surface area contributed by atoms with Crippen molar-refractivity contribution in [2.24, 2.45) is 5.41 Å². The second-order valence-electron chi connectivity index (χ2n) is 6.21. The molecule has 0 aromatic rings. The molecule has 0 rings (SSSR count). The third kappa shape index (κ3) is 11.4. The van der Waals surface area contributed by atoms with E-state index in [-0.39, 0.29) is 17.6 Å². The molecule has 0 heterocycles. The third-order valence-electron chi connectivity index (χ3n) is 2.97. The van der Waals surface area contributed by atoms with Crippen LogP contribution in [0.5, 0.6) is 0 Å². The van der Waals surface area contributed by atoms with Gasteiger partial charge in [-0.2, -0.15) is 8.42 Å². The quantitative estimate of drug-likeness (QED) is 0.457. The highest BCUT2D eigenvalue weighted by Crippen LogP contribution is 2.22. The number of hydrogen-bond donors (Lipinski definition) is 0. The van der Waals surface area contributed by atoms with Gasteiger partial charge in [0.25, 0.3) is 10.1 Å². The van der Waals surface area contributed by atoms with Crippen molar-refractivity contribution in [3.63, 3.8) is 0 Å². The highest BCUT2D eigenvalue weighted by Gasteiger charge is 2.21. The fourth-order valence-electron chi connectivity index (χ4n) is 1.31. The summed E-state index contributed by atoms with van der Waals surface area (Å²) in [7, 11) is -1.66. The molecule has 19 heavy (non-hydrogen) atoms. The first-order valence-electron chi connectivity index (χ1n) is 6.45. The zero-order chi connectivity index (χ0) is 15.2. The van der Waals surface area contributed by atoms with E-state index in [0.29, 0.717) is 19.6 Å². The van der Waals surface area contributed by atoms with E-state index in [1.807, 2.05) is 27.7 Å². The standard InChI is InChI=1S/C13H28O5S/c1-12(2,7-10-18-19(6,14)15)11-17-9-8-13(3,4)16-5/h7-11H2,1-6H3. The highest BCUT2D eigenvalue weighted by atomic mass is 32.2. The van der Waals surface area contributed by atoms with Crippen LogP contribution in [0.15, 0.2) is 0 Å². The predicted molar refractivity (Wildman–Crippen MR) is 75.7 cm³/mol. The van der Waals surface area contributed by atoms with Gasteiger partial charge in [-0.3, -0.25) is 4.18 Å². The molecule has 0 radical (unpaired) electrons. The van der Waals surface area contributed by atoms with Crippen LogP contribution in [-0.2, 0) is 23.8 Å². The molecule has 0 saturated carbocycles. The van der Waals surface area contributed by atoms with E-state index in [9.17, 15) is 8.42 Å². The van der Waals surface area contributed by atoms with Gasteiger partial charge < -0.3 is 9.47 Å². The Hall–Kier alpha value is -0.170. The van der Waals surface area contributed by atoms with Crippen LogP contribution in [-0.4, -0.2) is 47.2 Å². The smallest absolute Gasteiger partial charge is 0.264 e. The van der Waals surface area contributed by atoms with Crippen LogP contribution in [0.25, 0.3) is 0 Å². The zero-order valence-corrected chi connectivity index (χ0v) is 13.8. The Balaban J connectivity index is 3.85. The molecular weight excluding hydrogens is 268 g/mol. The van der Waals surface area contributed by atoms with Crippen LogP contribution >= 0.6 is 0 Å². The Labute approximate surface area is 117 Å². The second-order valence-corrected chi connectivity index (χ2v) is 7.85. The molecule has 0 amide bonds. The summed E-state index contributed by atoms with van der Waals surface area (Å²) < 4.78 is 37.4. The maximum Gasteiger partial charge on any atom is 0.264 e. The van der Waals surface area contributed by atoms with Crippen molar-refractivity contribution >= 4 is 10.1 Å². The molecule has 0 aromatic heterocycles. The maximum absolute atomic E-state index is 10.9. The third-order valence-corrected chi connectivity index (χ3v) is 3.56. The molecule has 0 bridgehead atoms. The highest BCUT2D eigenvalue weighted by molar-refractivity contribution is 7.85. The molecule has 0 aliphatic carbocycles. The number of methoxy groups -OCH3 is 1. The minimum atomic E-state index is -3.35. The molecule has 6 heteroatoms. The molecule has 0 aliphatic heterocycles. The van der Waals surface area contributed by atoms with Crippen LogP contribution in [0.4, 0.5) is 0 Å². The molecule has 0 saturated heterocycles. The average molecular weight is 296 g/mol. The van der Waals surface area contributed by atoms with E-state index >= 15 is 0 Å². The molecule has 0 atom stereocenters. The van der Waals surface area contributed by atoms with Crippen molar-refractivity contribution in [2.45, 2.75) is 46.1 Å². The van der Waals surface area contributed by atoms with Gasteiger partial charge in [0, 0.05) is 13.7 Å². The van der Waals surface area contributed by atoms with Gasteiger partial charge in [0.2, 0.25) is 0 Å². The molecule has 5 nitrogen and oxygen atoms in total. The van der Waals surface area contributed by atoms with Gasteiger partial charge in [-0.15, -0.1) is 0 Å². The topological polar surface area (TPSA) is 61.8 Å². The van der Waals surface area contributed by atoms with E-state index in [0.717, 1.165) is 12.7 Å². The zero-order valence-electron chi connectivity index (χ0n) is 13.0. The monoisotopic (exact) mass is 296 g/mol. The van der Waals surface area contributed by atoms with E-state index in [2.05, 4.69) is 0 Å². The molecule has 0 fully saturated rings. The van der Waals surface area contributed by atoms with E-state index in [4.69, 9.17) is 13.7 Å². The SMILES string of the molecule is COC(C)(C)CCOCC(C)(C)CCOS(C)(=O)=O. The summed E-state index contributed by atoms with van der Waals surface area (Å²) in [6.45, 7) is 9.47. The largest absolute Gasteiger partial charge is 0.381 e. The first kappa shape index (κ1) is 18.8. The van der Waals surface area contributed by atoms with Gasteiger partial charge in [0.15, 0.2) is 0 Å². The lowest BCUT2D eigenvalue weighted by Gasteiger charge is -2.26. The Morgan fingerprint density at radius 2 is 1.58 bits per heavy atom. The first-order chi connectivity index (χ1) is 8.47. The number of ether oxygens (including phenoxy) is 2. The predicted octanol–water partition coefficient (Wildman–Crippen LogP) is 2.21. The lowest BCUT2D eigenvalue weighted by atomic mass is 9.91. The molecule has 0 spiro atoms. The van der Waals surface area contributed by atoms with E-state index in [1.165, 1.54) is 0 Å². The molecule has 0 N–H and O–H groups in total. The van der Waals surface area contributed by atoms with Crippen molar-refractivity contribution in [3.8, 4) is 0 Å². The minimum Gasteiger partial charge on any atom is -0.381 e. The van der Waals surface area contributed by atoms with Crippen molar-refractivity contribution in [1.82, 2.24) is 0 Å². The summed E-state index contributed by atoms with van der Waals surface area (Å²) in [6, 6.07) is 0. The summed E-state index contributed by atoms with van der Waals surface area (Å²) in [6.07, 6.45) is 2.51. The van der Waals surface area contributed by atoms with Gasteiger partial charge in [-0.05, 0) is 32.1 Å². The molecule has 0 aromatic carbocycles. The summed E-state index contributed by atoms with van der Waals surface area (Å²) >= 11 is 0. The van der Waals surface area contributed by atoms with E-state index in [1.54, 1.807) is 7.11 Å². The molecule has 0 unspecified atom stereocenters. The fraction of sp³-hybridized carbons (Fsp3) is 1.00. The van der Waals surface area contributed by atoms with Gasteiger partial charge in [0.05, 0.1) is 25.1 Å². The van der Waals surface area contributed by atoms with Crippen molar-refractivity contribution in [2.75, 3.05) is 33.2 Å². The van der Waals surface area contributed by atoms with E-state index < -0.39 is 10.1 Å². The second kappa shape index (κ2) is 7.57. The van der Waals surface area contributed by atoms with Gasteiger partial charge in [-0.1, -0.05) is 13.8 Å². The van der Waals surface area contributed by atoms with Crippen LogP contribution in [0.2, 0.25) is 0 Å². The summed E-state index contributed by atoms with van der Waals surface area (Å²) in [5, 5.41) is 0. The van der Waals surface area contributed by atoms with Crippen LogP contribution < -0.4 is 0 Å². The molecule has 0 aliphatic rings. The van der Waals surface area contributed by atoms with Crippen molar-refractivity contribution < 1.29 is 22.1 Å². The van der Waals surface area contributed by atoms with Crippen LogP contribution in [0.3, 0.4) is 0 Å². The van der Waals surface area contributed by atoms with Gasteiger partial charge >= 0.3 is 0 Å². The van der Waals surface area contributed by atoms with Gasteiger partial charge in [0.1, 0.15) is 0 Å². The van der Waals surface area contributed by atoms with Crippen LogP contribution in [0, 0.1) is 5.41 Å². The fourth-order valence-corrected chi connectivity index (χ4v) is 1.70. The lowest BCUT2D eigenvalue weighted by molar-refractivity contribution is -0.0230. The Bertz CT molecular complexity index is 346. The van der Waals surface area contributed by atoms with Gasteiger partial charge in [-0.25, -0.2) is 0 Å². The van der Waals surface area contributed by atoms with Crippen molar-refractivity contribution in [1.29, 1.82) is 0 Å². The maximum atomic E-state index is 10.9. The van der Waals surface area contributed by atoms with Crippen molar-refractivity contribution in [3.05, 3.63) is 0 Å². The Morgan fingerprint density at radius 3 is 2.05 bits per heavy atom. The Morgan fingerprint density at radius 1 is 1.00 bits per heavy atom. The summed E-state index contributed by atoms with van der Waals surface area (Å²) in [4.78, 5) is 0. The minimum absolute atomic E-state index is 0.109. The number of rotatable bonds is 10. The summed E-state index contributed by atoms with van der Waals surface area (Å²) in [5.41, 5.74) is -0.286. The average Bonchev–Trinajstić information content (AvgIpc) is 2.22.